The van der Waals surface area contributed by atoms with E-state index in [2.05, 4.69) is 27.3 Å². The fourth-order valence-corrected chi connectivity index (χ4v) is 4.52. The van der Waals surface area contributed by atoms with Crippen LogP contribution in [0.4, 0.5) is 10.6 Å². The zero-order chi connectivity index (χ0) is 20.9. The summed E-state index contributed by atoms with van der Waals surface area (Å²) in [6.45, 7) is 5.80. The Kier molecular flexibility index (Phi) is 6.69. The number of anilines is 1. The normalized spacial score (nSPS) is 24.4. The van der Waals surface area contributed by atoms with Crippen LogP contribution in [0, 0.1) is 17.8 Å². The van der Waals surface area contributed by atoms with Gasteiger partial charge < -0.3 is 19.9 Å². The highest BCUT2D eigenvalue weighted by Crippen LogP contribution is 2.32. The van der Waals surface area contributed by atoms with E-state index >= 15 is 0 Å². The van der Waals surface area contributed by atoms with Crippen LogP contribution in [0.1, 0.15) is 51.9 Å². The average molecular weight is 416 g/mol. The van der Waals surface area contributed by atoms with Crippen LogP contribution in [0.2, 0.25) is 0 Å². The Bertz CT molecular complexity index is 729. The summed E-state index contributed by atoms with van der Waals surface area (Å²) in [5.41, 5.74) is 0. The molecule has 1 aromatic rings. The minimum Gasteiger partial charge on any atom is -0.390 e. The van der Waals surface area contributed by atoms with Gasteiger partial charge >= 0.3 is 6.09 Å². The van der Waals surface area contributed by atoms with Crippen LogP contribution in [0.15, 0.2) is 12.1 Å². The molecule has 164 valence electrons. The van der Waals surface area contributed by atoms with Crippen LogP contribution >= 0.6 is 0 Å². The molecule has 3 fully saturated rings. The van der Waals surface area contributed by atoms with Crippen molar-refractivity contribution in [2.75, 3.05) is 37.6 Å². The summed E-state index contributed by atoms with van der Waals surface area (Å²) in [6.07, 6.45) is 7.54. The molecular formula is C22H33N5O3. The molecule has 1 aromatic heterocycles. The Labute approximate surface area is 178 Å². The first kappa shape index (κ1) is 20.9. The second-order valence-corrected chi connectivity index (χ2v) is 9.06. The molecule has 2 amide bonds. The molecule has 2 atom stereocenters. The first-order valence-electron chi connectivity index (χ1n) is 11.4. The van der Waals surface area contributed by atoms with Crippen molar-refractivity contribution in [3.05, 3.63) is 12.1 Å². The molecule has 3 aliphatic rings. The number of nitrogens with one attached hydrogen (secondary N) is 1. The number of carbonyl (C=O) groups is 2. The second kappa shape index (κ2) is 9.62. The molecule has 0 spiro atoms. The molecular weight excluding hydrogens is 382 g/mol. The summed E-state index contributed by atoms with van der Waals surface area (Å²) in [5.74, 6) is 2.89. The van der Waals surface area contributed by atoms with Gasteiger partial charge in [0.15, 0.2) is 5.82 Å². The van der Waals surface area contributed by atoms with E-state index in [9.17, 15) is 9.59 Å². The molecule has 0 bridgehead atoms. The van der Waals surface area contributed by atoms with Crippen LogP contribution in [0.3, 0.4) is 0 Å². The van der Waals surface area contributed by atoms with Crippen molar-refractivity contribution in [1.82, 2.24) is 20.4 Å². The molecule has 2 heterocycles. The standard InChI is InChI=1S/C22H33N5O3/c1-16-3-2-4-18(15-16)21(28)27-13-11-26(12-14-27)19-7-8-20(25-24-19)30-22(29)23-10-9-17-5-6-17/h7-8,16-18H,2-6,9-15H2,1H3,(H,23,29). The maximum absolute atomic E-state index is 12.8. The third-order valence-electron chi connectivity index (χ3n) is 6.54. The average Bonchev–Trinajstić information content (AvgIpc) is 3.58. The van der Waals surface area contributed by atoms with E-state index in [0.717, 1.165) is 44.1 Å². The molecule has 1 saturated heterocycles. The third-order valence-corrected chi connectivity index (χ3v) is 6.54. The summed E-state index contributed by atoms with van der Waals surface area (Å²) in [7, 11) is 0. The quantitative estimate of drug-likeness (QED) is 0.769. The summed E-state index contributed by atoms with van der Waals surface area (Å²) < 4.78 is 5.19. The smallest absolute Gasteiger partial charge is 0.390 e. The SMILES string of the molecule is CC1CCCC(C(=O)N2CCN(c3ccc(OC(=O)NCCC4CC4)nn3)CC2)C1. The minimum atomic E-state index is -0.484. The van der Waals surface area contributed by atoms with Crippen molar-refractivity contribution in [1.29, 1.82) is 0 Å². The number of carbonyl (C=O) groups excluding carboxylic acids is 2. The van der Waals surface area contributed by atoms with Gasteiger partial charge in [-0.25, -0.2) is 4.79 Å². The molecule has 2 aliphatic carbocycles. The first-order chi connectivity index (χ1) is 14.6. The molecule has 0 aromatic carbocycles. The van der Waals surface area contributed by atoms with Crippen LogP contribution < -0.4 is 15.0 Å². The van der Waals surface area contributed by atoms with Crippen LogP contribution in [0.25, 0.3) is 0 Å². The maximum atomic E-state index is 12.8. The highest BCUT2D eigenvalue weighted by molar-refractivity contribution is 5.79. The van der Waals surface area contributed by atoms with E-state index in [1.54, 1.807) is 6.07 Å². The summed E-state index contributed by atoms with van der Waals surface area (Å²) >= 11 is 0. The van der Waals surface area contributed by atoms with Crippen molar-refractivity contribution in [3.8, 4) is 5.88 Å². The van der Waals surface area contributed by atoms with E-state index < -0.39 is 6.09 Å². The van der Waals surface area contributed by atoms with Gasteiger partial charge in [0.1, 0.15) is 0 Å². The third kappa shape index (κ3) is 5.61. The number of hydrogen-bond donors (Lipinski definition) is 1. The van der Waals surface area contributed by atoms with Crippen LogP contribution in [-0.2, 0) is 4.79 Å². The molecule has 1 N–H and O–H groups in total. The fraction of sp³-hybridized carbons (Fsp3) is 0.727. The van der Waals surface area contributed by atoms with E-state index in [1.807, 2.05) is 11.0 Å². The van der Waals surface area contributed by atoms with E-state index in [4.69, 9.17) is 4.74 Å². The number of rotatable bonds is 6. The zero-order valence-corrected chi connectivity index (χ0v) is 17.9. The van der Waals surface area contributed by atoms with Crippen molar-refractivity contribution in [2.24, 2.45) is 17.8 Å². The summed E-state index contributed by atoms with van der Waals surface area (Å²) in [5, 5.41) is 11.0. The van der Waals surface area contributed by atoms with Gasteiger partial charge in [0.25, 0.3) is 0 Å². The molecule has 2 saturated carbocycles. The van der Waals surface area contributed by atoms with Gasteiger partial charge in [-0.15, -0.1) is 10.2 Å². The van der Waals surface area contributed by atoms with E-state index in [0.29, 0.717) is 31.5 Å². The van der Waals surface area contributed by atoms with Gasteiger partial charge in [-0.1, -0.05) is 32.6 Å². The van der Waals surface area contributed by atoms with E-state index in [1.165, 1.54) is 25.7 Å². The number of piperazine rings is 1. The Balaban J connectivity index is 1.21. The van der Waals surface area contributed by atoms with Gasteiger partial charge in [0, 0.05) is 44.7 Å². The van der Waals surface area contributed by atoms with E-state index in [-0.39, 0.29) is 11.8 Å². The molecule has 4 rings (SSSR count). The topological polar surface area (TPSA) is 87.7 Å². The molecule has 8 nitrogen and oxygen atoms in total. The number of hydrogen-bond acceptors (Lipinski definition) is 6. The minimum absolute atomic E-state index is 0.197. The largest absolute Gasteiger partial charge is 0.413 e. The predicted octanol–water partition coefficient (Wildman–Crippen LogP) is 2.84. The highest BCUT2D eigenvalue weighted by atomic mass is 16.6. The zero-order valence-electron chi connectivity index (χ0n) is 17.9. The second-order valence-electron chi connectivity index (χ2n) is 9.06. The van der Waals surface area contributed by atoms with Crippen molar-refractivity contribution >= 4 is 17.8 Å². The monoisotopic (exact) mass is 415 g/mol. The lowest BCUT2D eigenvalue weighted by atomic mass is 9.81. The molecule has 1 aliphatic heterocycles. The maximum Gasteiger partial charge on any atom is 0.413 e. The predicted molar refractivity (Wildman–Crippen MR) is 113 cm³/mol. The number of ether oxygens (including phenoxy) is 1. The first-order valence-corrected chi connectivity index (χ1v) is 11.4. The van der Waals surface area contributed by atoms with Gasteiger partial charge in [-0.3, -0.25) is 4.79 Å². The van der Waals surface area contributed by atoms with Gasteiger partial charge in [-0.2, -0.15) is 0 Å². The highest BCUT2D eigenvalue weighted by Gasteiger charge is 2.30. The number of amides is 2. The fourth-order valence-electron chi connectivity index (χ4n) is 4.52. The van der Waals surface area contributed by atoms with Crippen LogP contribution in [-0.4, -0.2) is 59.8 Å². The van der Waals surface area contributed by atoms with Gasteiger partial charge in [-0.05, 0) is 37.2 Å². The lowest BCUT2D eigenvalue weighted by molar-refractivity contribution is -0.137. The Hall–Kier alpha value is -2.38. The number of nitrogens with zero attached hydrogens (tertiary/aromatic N) is 4. The summed E-state index contributed by atoms with van der Waals surface area (Å²) in [6, 6.07) is 3.49. The molecule has 30 heavy (non-hydrogen) atoms. The molecule has 0 radical (unpaired) electrons. The molecule has 2 unspecified atom stereocenters. The van der Waals surface area contributed by atoms with Gasteiger partial charge in [0.05, 0.1) is 0 Å². The Morgan fingerprint density at radius 2 is 1.90 bits per heavy atom. The Morgan fingerprint density at radius 1 is 1.10 bits per heavy atom. The van der Waals surface area contributed by atoms with Crippen LogP contribution in [0.5, 0.6) is 5.88 Å². The summed E-state index contributed by atoms with van der Waals surface area (Å²) in [4.78, 5) is 28.8. The van der Waals surface area contributed by atoms with Crippen molar-refractivity contribution in [2.45, 2.75) is 51.9 Å². The lowest BCUT2D eigenvalue weighted by Gasteiger charge is -2.38. The lowest BCUT2D eigenvalue weighted by Crippen LogP contribution is -2.51. The number of aromatic nitrogens is 2. The van der Waals surface area contributed by atoms with Gasteiger partial charge in [0.2, 0.25) is 11.8 Å². The Morgan fingerprint density at radius 3 is 2.57 bits per heavy atom. The molecule has 8 heteroatoms. The van der Waals surface area contributed by atoms with Crippen molar-refractivity contribution < 1.29 is 14.3 Å². The van der Waals surface area contributed by atoms with Crippen molar-refractivity contribution in [3.63, 3.8) is 0 Å².